The highest BCUT2D eigenvalue weighted by Gasteiger charge is 1.93. The first-order valence-electron chi connectivity index (χ1n) is 3.67. The average Bonchev–Trinajstić information content (AvgIpc) is 2.77. The van der Waals surface area contributed by atoms with Crippen LogP contribution in [0.5, 0.6) is 0 Å². The second-order valence-electron chi connectivity index (χ2n) is 2.15. The van der Waals surface area contributed by atoms with Crippen molar-refractivity contribution < 1.29 is 0 Å². The first-order valence-corrected chi connectivity index (χ1v) is 5.75. The molecule has 0 radical (unpaired) electrons. The molecule has 0 fully saturated rings. The van der Waals surface area contributed by atoms with Crippen LogP contribution < -0.4 is 11.5 Å². The Balaban J connectivity index is 0.000000146. The van der Waals surface area contributed by atoms with Crippen LogP contribution in [0.3, 0.4) is 0 Å². The van der Waals surface area contributed by atoms with Gasteiger partial charge in [-0.2, -0.15) is 0 Å². The van der Waals surface area contributed by atoms with Crippen LogP contribution in [0, 0.1) is 0 Å². The molecule has 0 aromatic carbocycles. The lowest BCUT2D eigenvalue weighted by molar-refractivity contribution is 1.10. The Hall–Kier alpha value is -0.690. The molecule has 7 heteroatoms. The number of halogens is 1. The van der Waals surface area contributed by atoms with Gasteiger partial charge in [-0.25, -0.2) is 9.97 Å². The summed E-state index contributed by atoms with van der Waals surface area (Å²) in [5, 5.41) is 2.48. The van der Waals surface area contributed by atoms with Crippen molar-refractivity contribution in [1.82, 2.24) is 9.97 Å². The summed E-state index contributed by atoms with van der Waals surface area (Å²) in [6.45, 7) is 0.532. The lowest BCUT2D eigenvalue weighted by Gasteiger charge is -1.78. The number of thiazole rings is 2. The van der Waals surface area contributed by atoms with E-state index in [0.717, 1.165) is 4.88 Å². The van der Waals surface area contributed by atoms with Gasteiger partial charge in [0.2, 0.25) is 0 Å². The van der Waals surface area contributed by atoms with Crippen LogP contribution in [0.1, 0.15) is 4.88 Å². The van der Waals surface area contributed by atoms with Crippen molar-refractivity contribution in [1.29, 1.82) is 0 Å². The molecule has 2 aromatic rings. The maximum atomic E-state index is 5.49. The molecule has 2 aromatic heterocycles. The predicted molar refractivity (Wildman–Crippen MR) is 61.5 cm³/mol. The van der Waals surface area contributed by atoms with Gasteiger partial charge in [0.15, 0.2) is 9.60 Å². The van der Waals surface area contributed by atoms with Gasteiger partial charge < -0.3 is 11.5 Å². The van der Waals surface area contributed by atoms with Gasteiger partial charge in [0.25, 0.3) is 0 Å². The zero-order chi connectivity index (χ0) is 10.4. The fourth-order valence-electron chi connectivity index (χ4n) is 0.612. The Labute approximate surface area is 94.6 Å². The number of nitrogen functional groups attached to an aromatic ring is 1. The second-order valence-corrected chi connectivity index (χ2v) is 4.78. The van der Waals surface area contributed by atoms with Gasteiger partial charge in [0.05, 0.1) is 0 Å². The van der Waals surface area contributed by atoms with Crippen molar-refractivity contribution in [2.75, 3.05) is 5.73 Å². The van der Waals surface area contributed by atoms with Crippen LogP contribution in [0.25, 0.3) is 0 Å². The Kier molecular flexibility index (Phi) is 4.81. The van der Waals surface area contributed by atoms with E-state index in [0.29, 0.717) is 16.1 Å². The molecule has 0 saturated carbocycles. The Morgan fingerprint density at radius 2 is 2.21 bits per heavy atom. The van der Waals surface area contributed by atoms with Crippen molar-refractivity contribution in [2.24, 2.45) is 5.73 Å². The molecule has 0 spiro atoms. The molecular weight excluding hydrogens is 240 g/mol. The lowest BCUT2D eigenvalue weighted by Crippen LogP contribution is -1.91. The summed E-state index contributed by atoms with van der Waals surface area (Å²) in [5.74, 6) is 0. The standard InChI is InChI=1S/C4H5ClN2S.C3H4N2S/c5-4-7-2-3(1-6)8-4;4-3-5-1-2-6-3/h2H,1,6H2;1-2H,(H2,4,5). The van der Waals surface area contributed by atoms with E-state index in [1.165, 1.54) is 22.7 Å². The van der Waals surface area contributed by atoms with Crippen LogP contribution in [0.15, 0.2) is 17.8 Å². The largest absolute Gasteiger partial charge is 0.375 e. The van der Waals surface area contributed by atoms with Crippen LogP contribution in [0.4, 0.5) is 5.13 Å². The van der Waals surface area contributed by atoms with E-state index in [1.807, 2.05) is 5.38 Å². The van der Waals surface area contributed by atoms with E-state index >= 15 is 0 Å². The number of hydrogen-bond donors (Lipinski definition) is 2. The molecule has 0 unspecified atom stereocenters. The normalized spacial score (nSPS) is 9.29. The molecule has 14 heavy (non-hydrogen) atoms. The average molecular weight is 249 g/mol. The number of nitrogens with zero attached hydrogens (tertiary/aromatic N) is 2. The zero-order valence-electron chi connectivity index (χ0n) is 7.18. The van der Waals surface area contributed by atoms with Crippen LogP contribution in [-0.4, -0.2) is 9.97 Å². The topological polar surface area (TPSA) is 77.8 Å². The summed E-state index contributed by atoms with van der Waals surface area (Å²) in [5.41, 5.74) is 10.5. The third-order valence-corrected chi connectivity index (χ3v) is 2.92. The van der Waals surface area contributed by atoms with Gasteiger partial charge in [-0.3, -0.25) is 0 Å². The van der Waals surface area contributed by atoms with Gasteiger partial charge in [-0.15, -0.1) is 22.7 Å². The number of rotatable bonds is 1. The van der Waals surface area contributed by atoms with E-state index in [1.54, 1.807) is 12.4 Å². The number of hydrogen-bond acceptors (Lipinski definition) is 6. The van der Waals surface area contributed by atoms with Crippen LogP contribution in [-0.2, 0) is 6.54 Å². The maximum absolute atomic E-state index is 5.49. The van der Waals surface area contributed by atoms with E-state index in [4.69, 9.17) is 23.1 Å². The summed E-state index contributed by atoms with van der Waals surface area (Å²) in [7, 11) is 0. The van der Waals surface area contributed by atoms with Gasteiger partial charge >= 0.3 is 0 Å². The molecule has 76 valence electrons. The predicted octanol–water partition coefficient (Wildman–Crippen LogP) is 1.98. The Morgan fingerprint density at radius 3 is 2.43 bits per heavy atom. The molecule has 0 bridgehead atoms. The fourth-order valence-corrected chi connectivity index (χ4v) is 1.85. The Morgan fingerprint density at radius 1 is 1.43 bits per heavy atom. The minimum atomic E-state index is 0.532. The monoisotopic (exact) mass is 248 g/mol. The molecule has 0 aliphatic heterocycles. The van der Waals surface area contributed by atoms with Gasteiger partial charge in [0, 0.05) is 29.2 Å². The third-order valence-electron chi connectivity index (χ3n) is 1.18. The van der Waals surface area contributed by atoms with Gasteiger partial charge in [0.1, 0.15) is 0 Å². The first kappa shape index (κ1) is 11.4. The molecule has 2 rings (SSSR count). The SMILES string of the molecule is NCc1cnc(Cl)s1.Nc1nccs1. The Bertz CT molecular complexity index is 359. The molecule has 0 aliphatic carbocycles. The van der Waals surface area contributed by atoms with Crippen molar-refractivity contribution in [3.63, 3.8) is 0 Å². The summed E-state index contributed by atoms with van der Waals surface area (Å²) in [6.07, 6.45) is 3.37. The summed E-state index contributed by atoms with van der Waals surface area (Å²) >= 11 is 8.35. The van der Waals surface area contributed by atoms with Crippen molar-refractivity contribution in [3.8, 4) is 0 Å². The van der Waals surface area contributed by atoms with Crippen molar-refractivity contribution in [3.05, 3.63) is 27.1 Å². The summed E-state index contributed by atoms with van der Waals surface area (Å²) in [6, 6.07) is 0. The quantitative estimate of drug-likeness (QED) is 0.809. The van der Waals surface area contributed by atoms with Crippen molar-refractivity contribution >= 4 is 39.4 Å². The summed E-state index contributed by atoms with van der Waals surface area (Å²) < 4.78 is 0.561. The third kappa shape index (κ3) is 4.01. The molecule has 0 atom stereocenters. The van der Waals surface area contributed by atoms with E-state index in [-0.39, 0.29) is 0 Å². The number of nitrogens with two attached hydrogens (primary N) is 2. The van der Waals surface area contributed by atoms with Crippen LogP contribution >= 0.6 is 34.3 Å². The van der Waals surface area contributed by atoms with E-state index < -0.39 is 0 Å². The molecule has 0 saturated heterocycles. The van der Waals surface area contributed by atoms with E-state index in [9.17, 15) is 0 Å². The number of anilines is 1. The number of aromatic nitrogens is 2. The molecule has 2 heterocycles. The van der Waals surface area contributed by atoms with E-state index in [2.05, 4.69) is 9.97 Å². The molecular formula is C7H9ClN4S2. The molecule has 4 nitrogen and oxygen atoms in total. The highest BCUT2D eigenvalue weighted by molar-refractivity contribution is 7.15. The minimum absolute atomic E-state index is 0.532. The highest BCUT2D eigenvalue weighted by atomic mass is 35.5. The molecule has 4 N–H and O–H groups in total. The lowest BCUT2D eigenvalue weighted by atomic mass is 10.6. The van der Waals surface area contributed by atoms with Crippen LogP contribution in [0.2, 0.25) is 4.47 Å². The minimum Gasteiger partial charge on any atom is -0.375 e. The second kappa shape index (κ2) is 5.92. The zero-order valence-corrected chi connectivity index (χ0v) is 9.57. The highest BCUT2D eigenvalue weighted by Crippen LogP contribution is 2.16. The molecule has 0 amide bonds. The van der Waals surface area contributed by atoms with Crippen molar-refractivity contribution in [2.45, 2.75) is 6.54 Å². The molecule has 0 aliphatic rings. The van der Waals surface area contributed by atoms with Gasteiger partial charge in [-0.05, 0) is 0 Å². The smallest absolute Gasteiger partial charge is 0.183 e. The fraction of sp³-hybridized carbons (Fsp3) is 0.143. The van der Waals surface area contributed by atoms with Gasteiger partial charge in [-0.1, -0.05) is 11.6 Å². The first-order chi connectivity index (χ1) is 6.72. The maximum Gasteiger partial charge on any atom is 0.183 e. The summed E-state index contributed by atoms with van der Waals surface area (Å²) in [4.78, 5) is 8.53.